The molecule has 17 heavy (non-hydrogen) atoms. The predicted molar refractivity (Wildman–Crippen MR) is 71.9 cm³/mol. The maximum Gasteiger partial charge on any atom is 0.204 e. The molecule has 4 heteroatoms. The van der Waals surface area contributed by atoms with Crippen LogP contribution in [-0.4, -0.2) is 29.7 Å². The van der Waals surface area contributed by atoms with Crippen LogP contribution in [0.3, 0.4) is 0 Å². The van der Waals surface area contributed by atoms with Crippen molar-refractivity contribution in [2.24, 2.45) is 7.05 Å². The molecule has 0 saturated carbocycles. The summed E-state index contributed by atoms with van der Waals surface area (Å²) in [6.45, 7) is 2.95. The van der Waals surface area contributed by atoms with Crippen LogP contribution in [0.4, 0.5) is 5.95 Å². The minimum Gasteiger partial charge on any atom is -0.348 e. The Kier molecular flexibility index (Phi) is 5.05. The zero-order valence-corrected chi connectivity index (χ0v) is 11.2. The fourth-order valence-electron chi connectivity index (χ4n) is 1.77. The SMILES string of the molecule is C#CCC(CC)NCc1cnc(N(C)C)n1C. The van der Waals surface area contributed by atoms with Crippen molar-refractivity contribution < 1.29 is 0 Å². The number of nitrogens with zero attached hydrogens (tertiary/aromatic N) is 3. The Morgan fingerprint density at radius 2 is 2.29 bits per heavy atom. The predicted octanol–water partition coefficient (Wildman–Crippen LogP) is 1.38. The van der Waals surface area contributed by atoms with Gasteiger partial charge in [0, 0.05) is 40.2 Å². The van der Waals surface area contributed by atoms with Crippen LogP contribution in [0.1, 0.15) is 25.5 Å². The molecule has 0 aliphatic heterocycles. The lowest BCUT2D eigenvalue weighted by Crippen LogP contribution is -2.28. The van der Waals surface area contributed by atoms with Gasteiger partial charge in [-0.1, -0.05) is 6.92 Å². The van der Waals surface area contributed by atoms with Crippen LogP contribution in [0.5, 0.6) is 0 Å². The van der Waals surface area contributed by atoms with E-state index in [0.717, 1.165) is 25.3 Å². The highest BCUT2D eigenvalue weighted by molar-refractivity contribution is 5.30. The van der Waals surface area contributed by atoms with Crippen molar-refractivity contribution in [2.45, 2.75) is 32.4 Å². The first kappa shape index (κ1) is 13.6. The quantitative estimate of drug-likeness (QED) is 0.755. The highest BCUT2D eigenvalue weighted by Gasteiger charge is 2.09. The molecule has 1 N–H and O–H groups in total. The van der Waals surface area contributed by atoms with Gasteiger partial charge in [-0.05, 0) is 6.42 Å². The van der Waals surface area contributed by atoms with E-state index in [1.54, 1.807) is 0 Å². The molecule has 0 aromatic carbocycles. The summed E-state index contributed by atoms with van der Waals surface area (Å²) in [6, 6.07) is 0.387. The first-order valence-electron chi connectivity index (χ1n) is 5.94. The van der Waals surface area contributed by atoms with E-state index in [-0.39, 0.29) is 0 Å². The molecule has 0 spiro atoms. The summed E-state index contributed by atoms with van der Waals surface area (Å²) in [6.07, 6.45) is 9.06. The Morgan fingerprint density at radius 3 is 2.76 bits per heavy atom. The molecule has 0 saturated heterocycles. The van der Waals surface area contributed by atoms with Crippen LogP contribution in [-0.2, 0) is 13.6 Å². The maximum atomic E-state index is 5.33. The largest absolute Gasteiger partial charge is 0.348 e. The zero-order valence-electron chi connectivity index (χ0n) is 11.2. The van der Waals surface area contributed by atoms with Crippen LogP contribution in [0.25, 0.3) is 0 Å². The molecule has 0 radical (unpaired) electrons. The topological polar surface area (TPSA) is 33.1 Å². The molecular formula is C13H22N4. The third-order valence-corrected chi connectivity index (χ3v) is 2.89. The molecule has 0 aliphatic rings. The van der Waals surface area contributed by atoms with Gasteiger partial charge in [-0.3, -0.25) is 0 Å². The molecule has 1 unspecified atom stereocenters. The van der Waals surface area contributed by atoms with Crippen molar-refractivity contribution in [3.63, 3.8) is 0 Å². The first-order valence-corrected chi connectivity index (χ1v) is 5.94. The van der Waals surface area contributed by atoms with Crippen LogP contribution < -0.4 is 10.2 Å². The molecule has 0 bridgehead atoms. The fraction of sp³-hybridized carbons (Fsp3) is 0.615. The Hall–Kier alpha value is -1.47. The van der Waals surface area contributed by atoms with Crippen molar-refractivity contribution in [3.05, 3.63) is 11.9 Å². The molecule has 1 aromatic rings. The number of hydrogen-bond donors (Lipinski definition) is 1. The van der Waals surface area contributed by atoms with Gasteiger partial charge in [-0.15, -0.1) is 12.3 Å². The lowest BCUT2D eigenvalue weighted by molar-refractivity contribution is 0.497. The van der Waals surface area contributed by atoms with Gasteiger partial charge < -0.3 is 14.8 Å². The van der Waals surface area contributed by atoms with Gasteiger partial charge in [0.05, 0.1) is 11.9 Å². The van der Waals surface area contributed by atoms with E-state index < -0.39 is 0 Å². The highest BCUT2D eigenvalue weighted by Crippen LogP contribution is 2.11. The van der Waals surface area contributed by atoms with Gasteiger partial charge in [0.2, 0.25) is 5.95 Å². The van der Waals surface area contributed by atoms with Gasteiger partial charge >= 0.3 is 0 Å². The number of imidazole rings is 1. The van der Waals surface area contributed by atoms with E-state index in [2.05, 4.69) is 27.7 Å². The van der Waals surface area contributed by atoms with E-state index in [9.17, 15) is 0 Å². The molecule has 1 heterocycles. The molecule has 1 atom stereocenters. The van der Waals surface area contributed by atoms with E-state index in [1.165, 1.54) is 5.69 Å². The van der Waals surface area contributed by atoms with Crippen LogP contribution in [0.2, 0.25) is 0 Å². The summed E-state index contributed by atoms with van der Waals surface area (Å²) in [4.78, 5) is 6.38. The fourth-order valence-corrected chi connectivity index (χ4v) is 1.77. The number of hydrogen-bond acceptors (Lipinski definition) is 3. The third kappa shape index (κ3) is 3.50. The second-order valence-electron chi connectivity index (χ2n) is 4.40. The van der Waals surface area contributed by atoms with E-state index in [1.807, 2.05) is 32.2 Å². The number of rotatable bonds is 6. The summed E-state index contributed by atoms with van der Waals surface area (Å²) in [5.41, 5.74) is 1.17. The Bertz CT molecular complexity index is 387. The average Bonchev–Trinajstić information content (AvgIpc) is 2.66. The van der Waals surface area contributed by atoms with Crippen LogP contribution >= 0.6 is 0 Å². The zero-order chi connectivity index (χ0) is 12.8. The Labute approximate surface area is 104 Å². The number of anilines is 1. The Morgan fingerprint density at radius 1 is 1.59 bits per heavy atom. The molecule has 4 nitrogen and oxygen atoms in total. The Balaban J connectivity index is 2.61. The van der Waals surface area contributed by atoms with Crippen molar-refractivity contribution >= 4 is 5.95 Å². The second kappa shape index (κ2) is 6.31. The number of terminal acetylenes is 1. The summed E-state index contributed by atoms with van der Waals surface area (Å²) in [5, 5.41) is 3.46. The van der Waals surface area contributed by atoms with Crippen LogP contribution in [0, 0.1) is 12.3 Å². The van der Waals surface area contributed by atoms with Crippen molar-refractivity contribution in [2.75, 3.05) is 19.0 Å². The third-order valence-electron chi connectivity index (χ3n) is 2.89. The van der Waals surface area contributed by atoms with Crippen molar-refractivity contribution in [3.8, 4) is 12.3 Å². The van der Waals surface area contributed by atoms with Crippen molar-refractivity contribution in [1.29, 1.82) is 0 Å². The summed E-state index contributed by atoms with van der Waals surface area (Å²) < 4.78 is 2.09. The molecule has 0 fully saturated rings. The van der Waals surface area contributed by atoms with Gasteiger partial charge in [0.25, 0.3) is 0 Å². The van der Waals surface area contributed by atoms with Gasteiger partial charge in [0.15, 0.2) is 0 Å². The van der Waals surface area contributed by atoms with E-state index in [0.29, 0.717) is 6.04 Å². The van der Waals surface area contributed by atoms with Gasteiger partial charge in [-0.2, -0.15) is 0 Å². The monoisotopic (exact) mass is 234 g/mol. The smallest absolute Gasteiger partial charge is 0.204 e. The first-order chi connectivity index (χ1) is 8.10. The average molecular weight is 234 g/mol. The lowest BCUT2D eigenvalue weighted by Gasteiger charge is -2.16. The normalized spacial score (nSPS) is 12.2. The van der Waals surface area contributed by atoms with E-state index >= 15 is 0 Å². The summed E-state index contributed by atoms with van der Waals surface area (Å²) >= 11 is 0. The van der Waals surface area contributed by atoms with Crippen LogP contribution in [0.15, 0.2) is 6.20 Å². The van der Waals surface area contributed by atoms with Crippen molar-refractivity contribution in [1.82, 2.24) is 14.9 Å². The summed E-state index contributed by atoms with van der Waals surface area (Å²) in [7, 11) is 6.01. The second-order valence-corrected chi connectivity index (χ2v) is 4.40. The molecule has 0 amide bonds. The number of aromatic nitrogens is 2. The van der Waals surface area contributed by atoms with Gasteiger partial charge in [0.1, 0.15) is 0 Å². The minimum atomic E-state index is 0.387. The highest BCUT2D eigenvalue weighted by atomic mass is 15.3. The molecule has 1 rings (SSSR count). The molecule has 1 aromatic heterocycles. The minimum absolute atomic E-state index is 0.387. The van der Waals surface area contributed by atoms with Gasteiger partial charge in [-0.25, -0.2) is 4.98 Å². The molecular weight excluding hydrogens is 212 g/mol. The summed E-state index contributed by atoms with van der Waals surface area (Å²) in [5.74, 6) is 3.66. The lowest BCUT2D eigenvalue weighted by atomic mass is 10.1. The number of nitrogens with one attached hydrogen (secondary N) is 1. The van der Waals surface area contributed by atoms with E-state index in [4.69, 9.17) is 6.42 Å². The standard InChI is InChI=1S/C13H22N4/c1-6-8-11(7-2)14-9-12-10-15-13(16(3)4)17(12)5/h1,10-11,14H,7-9H2,2-5H3. The molecule has 94 valence electrons. The molecule has 0 aliphatic carbocycles. The maximum absolute atomic E-state index is 5.33.